The summed E-state index contributed by atoms with van der Waals surface area (Å²) in [6, 6.07) is 9.77. The van der Waals surface area contributed by atoms with Crippen molar-refractivity contribution in [1.29, 1.82) is 0 Å². The average Bonchev–Trinajstić information content (AvgIpc) is 3.06. The van der Waals surface area contributed by atoms with Crippen molar-refractivity contribution in [3.05, 3.63) is 53.9 Å². The normalized spacial score (nSPS) is 16.0. The van der Waals surface area contributed by atoms with E-state index >= 15 is 0 Å². The summed E-state index contributed by atoms with van der Waals surface area (Å²) < 4.78 is 1.95. The molecular formula is C17H22N4O. The van der Waals surface area contributed by atoms with Gasteiger partial charge in [0.05, 0.1) is 6.54 Å². The van der Waals surface area contributed by atoms with Crippen LogP contribution < -0.4 is 0 Å². The van der Waals surface area contributed by atoms with Crippen molar-refractivity contribution in [2.45, 2.75) is 13.5 Å². The monoisotopic (exact) mass is 298 g/mol. The minimum Gasteiger partial charge on any atom is -0.336 e. The molecule has 0 aliphatic carbocycles. The molecule has 3 rings (SSSR count). The highest BCUT2D eigenvalue weighted by atomic mass is 16.2. The van der Waals surface area contributed by atoms with Crippen molar-refractivity contribution in [3.63, 3.8) is 0 Å². The molecule has 1 amide bonds. The third-order valence-electron chi connectivity index (χ3n) is 4.13. The molecule has 1 aromatic heterocycles. The summed E-state index contributed by atoms with van der Waals surface area (Å²) in [5, 5.41) is 4.22. The Morgan fingerprint density at radius 2 is 1.95 bits per heavy atom. The predicted octanol–water partition coefficient (Wildman–Crippen LogP) is 1.65. The molecule has 1 saturated heterocycles. The molecule has 1 aliphatic rings. The standard InChI is InChI=1S/C17H22N4O/c1-15-4-2-5-16(14-15)17(22)20-11-8-19(9-12-20)10-13-21-7-3-6-18-21/h2-7,14H,8-13H2,1H3. The molecule has 0 atom stereocenters. The Bertz CT molecular complexity index is 615. The van der Waals surface area contributed by atoms with Crippen LogP contribution >= 0.6 is 0 Å². The number of hydrogen-bond donors (Lipinski definition) is 0. The lowest BCUT2D eigenvalue weighted by Gasteiger charge is -2.34. The van der Waals surface area contributed by atoms with Crippen LogP contribution in [0.3, 0.4) is 0 Å². The van der Waals surface area contributed by atoms with Crippen LogP contribution in [-0.4, -0.2) is 58.2 Å². The molecule has 0 bridgehead atoms. The molecule has 22 heavy (non-hydrogen) atoms. The molecule has 0 saturated carbocycles. The minimum atomic E-state index is 0.149. The maximum absolute atomic E-state index is 12.5. The van der Waals surface area contributed by atoms with Gasteiger partial charge in [-0.25, -0.2) is 0 Å². The second-order valence-electron chi connectivity index (χ2n) is 5.77. The Labute approximate surface area is 131 Å². The number of rotatable bonds is 4. The van der Waals surface area contributed by atoms with Crippen LogP contribution in [0, 0.1) is 6.92 Å². The zero-order chi connectivity index (χ0) is 15.4. The van der Waals surface area contributed by atoms with Crippen molar-refractivity contribution in [2.24, 2.45) is 0 Å². The lowest BCUT2D eigenvalue weighted by Crippen LogP contribution is -2.49. The van der Waals surface area contributed by atoms with Gasteiger partial charge in [0.15, 0.2) is 0 Å². The van der Waals surface area contributed by atoms with E-state index in [1.165, 1.54) is 0 Å². The largest absolute Gasteiger partial charge is 0.336 e. The molecule has 1 aromatic carbocycles. The Kier molecular flexibility index (Phi) is 4.53. The molecule has 0 unspecified atom stereocenters. The molecule has 0 spiro atoms. The number of carbonyl (C=O) groups is 1. The van der Waals surface area contributed by atoms with E-state index in [-0.39, 0.29) is 5.91 Å². The summed E-state index contributed by atoms with van der Waals surface area (Å²) in [6.45, 7) is 7.35. The van der Waals surface area contributed by atoms with E-state index in [9.17, 15) is 4.79 Å². The summed E-state index contributed by atoms with van der Waals surface area (Å²) in [4.78, 5) is 16.8. The van der Waals surface area contributed by atoms with E-state index in [0.717, 1.165) is 50.4 Å². The van der Waals surface area contributed by atoms with Crippen LogP contribution in [0.5, 0.6) is 0 Å². The number of aryl methyl sites for hydroxylation is 1. The summed E-state index contributed by atoms with van der Waals surface area (Å²) in [7, 11) is 0. The topological polar surface area (TPSA) is 41.4 Å². The lowest BCUT2D eigenvalue weighted by molar-refractivity contribution is 0.0632. The van der Waals surface area contributed by atoms with Gasteiger partial charge in [-0.05, 0) is 25.1 Å². The number of piperazine rings is 1. The van der Waals surface area contributed by atoms with Crippen molar-refractivity contribution in [1.82, 2.24) is 19.6 Å². The molecule has 5 heteroatoms. The van der Waals surface area contributed by atoms with Crippen LogP contribution in [0.4, 0.5) is 0 Å². The molecule has 0 radical (unpaired) electrons. The van der Waals surface area contributed by atoms with Crippen molar-refractivity contribution in [2.75, 3.05) is 32.7 Å². The SMILES string of the molecule is Cc1cccc(C(=O)N2CCN(CCn3cccn3)CC2)c1. The molecule has 1 aliphatic heterocycles. The Morgan fingerprint density at radius 3 is 2.64 bits per heavy atom. The van der Waals surface area contributed by atoms with Gasteiger partial charge in [-0.2, -0.15) is 5.10 Å². The maximum atomic E-state index is 12.5. The van der Waals surface area contributed by atoms with Gasteiger partial charge in [0.2, 0.25) is 0 Å². The summed E-state index contributed by atoms with van der Waals surface area (Å²) in [5.41, 5.74) is 1.92. The van der Waals surface area contributed by atoms with Crippen LogP contribution in [0.25, 0.3) is 0 Å². The Balaban J connectivity index is 1.50. The first-order chi connectivity index (χ1) is 10.7. The summed E-state index contributed by atoms with van der Waals surface area (Å²) in [6.07, 6.45) is 3.79. The fraction of sp³-hybridized carbons (Fsp3) is 0.412. The van der Waals surface area contributed by atoms with Gasteiger partial charge in [-0.15, -0.1) is 0 Å². The third kappa shape index (κ3) is 3.54. The van der Waals surface area contributed by atoms with E-state index in [1.54, 1.807) is 6.20 Å². The first-order valence-corrected chi connectivity index (χ1v) is 7.78. The summed E-state index contributed by atoms with van der Waals surface area (Å²) in [5.74, 6) is 0.149. The second-order valence-corrected chi connectivity index (χ2v) is 5.77. The molecule has 5 nitrogen and oxygen atoms in total. The number of nitrogens with zero attached hydrogens (tertiary/aromatic N) is 4. The smallest absolute Gasteiger partial charge is 0.253 e. The number of aromatic nitrogens is 2. The number of hydrogen-bond acceptors (Lipinski definition) is 3. The van der Waals surface area contributed by atoms with E-state index < -0.39 is 0 Å². The van der Waals surface area contributed by atoms with E-state index in [4.69, 9.17) is 0 Å². The first-order valence-electron chi connectivity index (χ1n) is 7.78. The van der Waals surface area contributed by atoms with Gasteiger partial charge in [0.1, 0.15) is 0 Å². The Morgan fingerprint density at radius 1 is 1.14 bits per heavy atom. The van der Waals surface area contributed by atoms with Crippen molar-refractivity contribution < 1.29 is 4.79 Å². The summed E-state index contributed by atoms with van der Waals surface area (Å²) >= 11 is 0. The zero-order valence-corrected chi connectivity index (χ0v) is 13.0. The first kappa shape index (κ1) is 14.8. The average molecular weight is 298 g/mol. The molecule has 1 fully saturated rings. The molecular weight excluding hydrogens is 276 g/mol. The number of carbonyl (C=O) groups excluding carboxylic acids is 1. The number of benzene rings is 1. The van der Waals surface area contributed by atoms with Gasteiger partial charge in [-0.3, -0.25) is 14.4 Å². The predicted molar refractivity (Wildman–Crippen MR) is 85.7 cm³/mol. The quantitative estimate of drug-likeness (QED) is 0.862. The minimum absolute atomic E-state index is 0.149. The Hall–Kier alpha value is -2.14. The zero-order valence-electron chi connectivity index (χ0n) is 13.0. The third-order valence-corrected chi connectivity index (χ3v) is 4.13. The van der Waals surface area contributed by atoms with E-state index in [2.05, 4.69) is 10.00 Å². The van der Waals surface area contributed by atoms with Gasteiger partial charge in [-0.1, -0.05) is 17.7 Å². The fourth-order valence-corrected chi connectivity index (χ4v) is 2.81. The second kappa shape index (κ2) is 6.75. The van der Waals surface area contributed by atoms with Crippen LogP contribution in [0.2, 0.25) is 0 Å². The van der Waals surface area contributed by atoms with E-state index in [1.807, 2.05) is 53.0 Å². The highest BCUT2D eigenvalue weighted by Crippen LogP contribution is 2.10. The lowest BCUT2D eigenvalue weighted by atomic mass is 10.1. The highest BCUT2D eigenvalue weighted by molar-refractivity contribution is 5.94. The highest BCUT2D eigenvalue weighted by Gasteiger charge is 2.21. The van der Waals surface area contributed by atoms with Crippen molar-refractivity contribution in [3.8, 4) is 0 Å². The fourth-order valence-electron chi connectivity index (χ4n) is 2.81. The van der Waals surface area contributed by atoms with Gasteiger partial charge in [0.25, 0.3) is 5.91 Å². The van der Waals surface area contributed by atoms with Gasteiger partial charge < -0.3 is 4.90 Å². The molecule has 116 valence electrons. The molecule has 2 aromatic rings. The van der Waals surface area contributed by atoms with Crippen molar-refractivity contribution >= 4 is 5.91 Å². The number of amides is 1. The van der Waals surface area contributed by atoms with Crippen LogP contribution in [0.15, 0.2) is 42.7 Å². The molecule has 0 N–H and O–H groups in total. The van der Waals surface area contributed by atoms with Gasteiger partial charge in [0, 0.05) is 50.7 Å². The van der Waals surface area contributed by atoms with Crippen LogP contribution in [-0.2, 0) is 6.54 Å². The van der Waals surface area contributed by atoms with Gasteiger partial charge >= 0.3 is 0 Å². The van der Waals surface area contributed by atoms with E-state index in [0.29, 0.717) is 0 Å². The van der Waals surface area contributed by atoms with Crippen LogP contribution in [0.1, 0.15) is 15.9 Å². The maximum Gasteiger partial charge on any atom is 0.253 e. The molecule has 2 heterocycles.